The molecule has 4 heteroatoms. The average molecular weight is 258 g/mol. The Balaban J connectivity index is 1.87. The molecule has 4 nitrogen and oxygen atoms in total. The van der Waals surface area contributed by atoms with Gasteiger partial charge >= 0.3 is 0 Å². The third kappa shape index (κ3) is 3.61. The summed E-state index contributed by atoms with van der Waals surface area (Å²) in [6.07, 6.45) is 6.56. The van der Waals surface area contributed by atoms with Crippen molar-refractivity contribution >= 4 is 17.2 Å². The van der Waals surface area contributed by atoms with Crippen LogP contribution in [0.5, 0.6) is 0 Å². The van der Waals surface area contributed by atoms with Crippen LogP contribution in [-0.2, 0) is 9.53 Å². The van der Waals surface area contributed by atoms with Crippen LogP contribution in [0.1, 0.15) is 0 Å². The summed E-state index contributed by atoms with van der Waals surface area (Å²) >= 11 is 0. The van der Waals surface area contributed by atoms with Gasteiger partial charge in [0.05, 0.1) is 12.2 Å². The highest BCUT2D eigenvalue weighted by atomic mass is 16.5. The summed E-state index contributed by atoms with van der Waals surface area (Å²) in [7, 11) is 4.00. The number of carbonyl (C=O) groups excluding carboxylic acids is 1. The monoisotopic (exact) mass is 258 g/mol. The van der Waals surface area contributed by atoms with Crippen molar-refractivity contribution in [2.75, 3.05) is 30.9 Å². The molecule has 1 aromatic carbocycles. The highest BCUT2D eigenvalue weighted by Crippen LogP contribution is 2.15. The molecule has 1 unspecified atom stereocenters. The van der Waals surface area contributed by atoms with Crippen LogP contribution in [-0.4, -0.2) is 26.5 Å². The Morgan fingerprint density at radius 1 is 1.37 bits per heavy atom. The third-order valence-corrected chi connectivity index (χ3v) is 2.93. The molecule has 0 radical (unpaired) electrons. The number of nitrogens with zero attached hydrogens (tertiary/aromatic N) is 1. The number of carbonyl (C=O) groups is 1. The lowest BCUT2D eigenvalue weighted by Crippen LogP contribution is -2.11. The fourth-order valence-electron chi connectivity index (χ4n) is 1.74. The van der Waals surface area contributed by atoms with Crippen molar-refractivity contribution < 1.29 is 9.53 Å². The number of ether oxygens (including phenoxy) is 1. The van der Waals surface area contributed by atoms with Gasteiger partial charge in [-0.15, -0.1) is 0 Å². The number of allylic oxidation sites excluding steroid dienone is 1. The summed E-state index contributed by atoms with van der Waals surface area (Å²) in [5.41, 5.74) is 2.09. The molecular weight excluding hydrogens is 240 g/mol. The fraction of sp³-hybridized carbons (Fsp3) is 0.267. The molecule has 0 spiro atoms. The number of hydrogen-bond donors (Lipinski definition) is 1. The van der Waals surface area contributed by atoms with Crippen LogP contribution >= 0.6 is 0 Å². The first-order valence-corrected chi connectivity index (χ1v) is 6.19. The summed E-state index contributed by atoms with van der Waals surface area (Å²) in [5.74, 6) is -0.0969. The number of benzene rings is 1. The van der Waals surface area contributed by atoms with Gasteiger partial charge in [-0.25, -0.2) is 0 Å². The normalized spacial score (nSPS) is 17.5. The Labute approximate surface area is 113 Å². The molecule has 100 valence electrons. The summed E-state index contributed by atoms with van der Waals surface area (Å²) in [5, 5.41) is 3.08. The lowest BCUT2D eigenvalue weighted by Gasteiger charge is -2.12. The quantitative estimate of drug-likeness (QED) is 0.823. The van der Waals surface area contributed by atoms with Gasteiger partial charge in [0.15, 0.2) is 5.78 Å². The van der Waals surface area contributed by atoms with Gasteiger partial charge in [-0.1, -0.05) is 0 Å². The van der Waals surface area contributed by atoms with Gasteiger partial charge in [-0.05, 0) is 36.4 Å². The second-order valence-electron chi connectivity index (χ2n) is 4.59. The van der Waals surface area contributed by atoms with Gasteiger partial charge in [0.25, 0.3) is 0 Å². The number of anilines is 2. The van der Waals surface area contributed by atoms with Crippen LogP contribution in [0.4, 0.5) is 11.4 Å². The standard InChI is InChI=1S/C15H18N2O2/c1-17(2)14-5-3-13(4-6-14)16-9-7-15(18)12-8-10-19-11-12/h3-10,12,16H,11H2,1-2H3/b9-7-. The first-order chi connectivity index (χ1) is 9.16. The van der Waals surface area contributed by atoms with E-state index < -0.39 is 0 Å². The van der Waals surface area contributed by atoms with E-state index in [1.54, 1.807) is 24.6 Å². The molecule has 0 fully saturated rings. The summed E-state index contributed by atoms with van der Waals surface area (Å²) in [6, 6.07) is 7.99. The second kappa shape index (κ2) is 6.09. The Morgan fingerprint density at radius 2 is 2.11 bits per heavy atom. The van der Waals surface area contributed by atoms with Crippen LogP contribution < -0.4 is 10.2 Å². The summed E-state index contributed by atoms with van der Waals surface area (Å²) in [4.78, 5) is 13.8. The van der Waals surface area contributed by atoms with Gasteiger partial charge in [-0.2, -0.15) is 0 Å². The highest BCUT2D eigenvalue weighted by molar-refractivity contribution is 5.93. The molecule has 0 aliphatic carbocycles. The van der Waals surface area contributed by atoms with Crippen molar-refractivity contribution in [3.8, 4) is 0 Å². The molecule has 1 atom stereocenters. The Kier molecular flexibility index (Phi) is 4.23. The Hall–Kier alpha value is -2.23. The second-order valence-corrected chi connectivity index (χ2v) is 4.59. The van der Waals surface area contributed by atoms with Crippen molar-refractivity contribution in [1.82, 2.24) is 0 Å². The van der Waals surface area contributed by atoms with Gasteiger partial charge < -0.3 is 15.0 Å². The van der Waals surface area contributed by atoms with E-state index in [0.29, 0.717) is 6.61 Å². The van der Waals surface area contributed by atoms with E-state index in [-0.39, 0.29) is 11.7 Å². The first-order valence-electron chi connectivity index (χ1n) is 6.19. The van der Waals surface area contributed by atoms with E-state index in [9.17, 15) is 4.79 Å². The number of nitrogens with one attached hydrogen (secondary N) is 1. The maximum atomic E-state index is 11.7. The average Bonchev–Trinajstić information content (AvgIpc) is 2.93. The van der Waals surface area contributed by atoms with Crippen molar-refractivity contribution in [3.63, 3.8) is 0 Å². The molecule has 0 bridgehead atoms. The van der Waals surface area contributed by atoms with E-state index >= 15 is 0 Å². The van der Waals surface area contributed by atoms with E-state index in [4.69, 9.17) is 4.74 Å². The topological polar surface area (TPSA) is 41.6 Å². The molecule has 0 saturated carbocycles. The van der Waals surface area contributed by atoms with Crippen LogP contribution in [0.2, 0.25) is 0 Å². The zero-order valence-corrected chi connectivity index (χ0v) is 11.2. The molecule has 0 saturated heterocycles. The van der Waals surface area contributed by atoms with E-state index in [1.807, 2.05) is 43.3 Å². The van der Waals surface area contributed by atoms with Crippen LogP contribution in [0.25, 0.3) is 0 Å². The van der Waals surface area contributed by atoms with E-state index in [2.05, 4.69) is 5.32 Å². The van der Waals surface area contributed by atoms with Crippen LogP contribution in [0.3, 0.4) is 0 Å². The predicted molar refractivity (Wildman–Crippen MR) is 77.1 cm³/mol. The third-order valence-electron chi connectivity index (χ3n) is 2.93. The molecule has 1 N–H and O–H groups in total. The zero-order chi connectivity index (χ0) is 13.7. The molecule has 1 aliphatic rings. The SMILES string of the molecule is CN(C)c1ccc(N/C=C\C(=O)C2C=COC2)cc1. The molecule has 19 heavy (non-hydrogen) atoms. The van der Waals surface area contributed by atoms with Crippen molar-refractivity contribution in [2.24, 2.45) is 5.92 Å². The van der Waals surface area contributed by atoms with Crippen molar-refractivity contribution in [1.29, 1.82) is 0 Å². The Bertz CT molecular complexity index is 489. The lowest BCUT2D eigenvalue weighted by molar-refractivity contribution is -0.117. The molecule has 2 rings (SSSR count). The minimum Gasteiger partial charge on any atom is -0.500 e. The first kappa shape index (κ1) is 13.2. The van der Waals surface area contributed by atoms with Crippen molar-refractivity contribution in [3.05, 3.63) is 48.9 Å². The molecule has 1 heterocycles. The largest absolute Gasteiger partial charge is 0.500 e. The zero-order valence-electron chi connectivity index (χ0n) is 11.2. The molecular formula is C15H18N2O2. The van der Waals surface area contributed by atoms with Gasteiger partial charge in [-0.3, -0.25) is 4.79 Å². The minimum absolute atomic E-state index is 0.0474. The van der Waals surface area contributed by atoms with Crippen LogP contribution in [0, 0.1) is 5.92 Å². The van der Waals surface area contributed by atoms with Crippen LogP contribution in [0.15, 0.2) is 48.9 Å². The molecule has 1 aliphatic heterocycles. The number of hydrogen-bond acceptors (Lipinski definition) is 4. The smallest absolute Gasteiger partial charge is 0.167 e. The van der Waals surface area contributed by atoms with E-state index in [1.165, 1.54) is 0 Å². The van der Waals surface area contributed by atoms with Gasteiger partial charge in [0, 0.05) is 31.7 Å². The lowest BCUT2D eigenvalue weighted by atomic mass is 10.1. The van der Waals surface area contributed by atoms with Gasteiger partial charge in [0.2, 0.25) is 0 Å². The maximum absolute atomic E-state index is 11.7. The number of rotatable bonds is 5. The van der Waals surface area contributed by atoms with Crippen molar-refractivity contribution in [2.45, 2.75) is 0 Å². The molecule has 1 aromatic rings. The van der Waals surface area contributed by atoms with E-state index in [0.717, 1.165) is 11.4 Å². The Morgan fingerprint density at radius 3 is 2.68 bits per heavy atom. The summed E-state index contributed by atoms with van der Waals surface area (Å²) in [6.45, 7) is 0.445. The fourth-order valence-corrected chi connectivity index (χ4v) is 1.74. The maximum Gasteiger partial charge on any atom is 0.167 e. The van der Waals surface area contributed by atoms with Gasteiger partial charge in [0.1, 0.15) is 6.61 Å². The summed E-state index contributed by atoms with van der Waals surface area (Å²) < 4.78 is 5.02. The number of ketones is 1. The predicted octanol–water partition coefficient (Wildman–Crippen LogP) is 2.41. The highest BCUT2D eigenvalue weighted by Gasteiger charge is 2.16. The minimum atomic E-state index is -0.144. The molecule has 0 aromatic heterocycles. The molecule has 0 amide bonds.